The molecule has 4 fully saturated rings. The largest absolute Gasteiger partial charge is 0.412 e. The maximum Gasteiger partial charge on any atom is 0.412 e. The van der Waals surface area contributed by atoms with Crippen LogP contribution in [-0.2, 0) is 18.9 Å². The molecule has 4 aliphatic rings. The van der Waals surface area contributed by atoms with Crippen molar-refractivity contribution in [1.82, 2.24) is 39.2 Å². The average Bonchev–Trinajstić information content (AvgIpc) is 3.35. The molecule has 0 bridgehead atoms. The summed E-state index contributed by atoms with van der Waals surface area (Å²) in [6.07, 6.45) is 18.2. The van der Waals surface area contributed by atoms with Crippen molar-refractivity contribution in [1.29, 1.82) is 0 Å². The summed E-state index contributed by atoms with van der Waals surface area (Å²) in [7, 11) is 2.17. The van der Waals surface area contributed by atoms with E-state index in [1.165, 1.54) is 156 Å². The minimum absolute atomic E-state index is 0.587. The second-order valence-corrected chi connectivity index (χ2v) is 20.2. The van der Waals surface area contributed by atoms with Crippen molar-refractivity contribution < 1.29 is 24.3 Å². The Morgan fingerprint density at radius 1 is 0.403 bits per heavy atom. The van der Waals surface area contributed by atoms with E-state index in [0.717, 1.165) is 130 Å². The molecular weight excluding hydrogens is 843 g/mol. The van der Waals surface area contributed by atoms with E-state index >= 15 is 0 Å². The van der Waals surface area contributed by atoms with Crippen LogP contribution in [0.3, 0.4) is 0 Å². The number of hydrogen-bond donors (Lipinski definition) is 2. The molecule has 0 saturated carbocycles. The molecule has 0 amide bonds. The fraction of sp³-hybridized carbons (Fsp3) is 0.981. The fourth-order valence-corrected chi connectivity index (χ4v) is 10.2. The third-order valence-corrected chi connectivity index (χ3v) is 14.7. The van der Waals surface area contributed by atoms with E-state index in [1.807, 2.05) is 0 Å². The second kappa shape index (κ2) is 38.7. The summed E-state index contributed by atoms with van der Waals surface area (Å²) in [5.74, 6) is 0. The Hall–Kier alpha value is -0.890. The van der Waals surface area contributed by atoms with Crippen LogP contribution in [0.1, 0.15) is 116 Å². The second-order valence-electron chi connectivity index (χ2n) is 20.2. The van der Waals surface area contributed by atoms with Gasteiger partial charge in [0.05, 0.1) is 46.6 Å². The number of piperazine rings is 4. The molecule has 4 aliphatic heterocycles. The van der Waals surface area contributed by atoms with Gasteiger partial charge in [-0.25, -0.2) is 0 Å². The normalized spacial score (nSPS) is 20.5. The summed E-state index contributed by atoms with van der Waals surface area (Å²) in [5.41, 5.74) is 5.80. The van der Waals surface area contributed by atoms with Gasteiger partial charge in [-0.05, 0) is 97.2 Å². The monoisotopic (exact) mass is 951 g/mol. The molecule has 0 aliphatic carbocycles. The number of nitrogens with two attached hydrogens (primary N) is 2. The molecule has 15 nitrogen and oxygen atoms in total. The lowest BCUT2D eigenvalue weighted by Gasteiger charge is -2.34. The summed E-state index contributed by atoms with van der Waals surface area (Å²) < 4.78 is 26.6. The Kier molecular flexibility index (Phi) is 33.9. The van der Waals surface area contributed by atoms with Gasteiger partial charge in [-0.1, -0.05) is 58.3 Å². The molecule has 15 heteroatoms. The zero-order valence-corrected chi connectivity index (χ0v) is 44.0. The number of hydrogen-bond acceptors (Lipinski definition) is 14. The zero-order chi connectivity index (χ0) is 47.3. The Balaban J connectivity index is 1.21. The standard InChI is InChI=1S/C52H107N11O4/c1-4-24-56-32-34-57(35-33-56)25-13-5-9-17-48-64-52(65-49-18-10-6-14-26-58-36-42-61(29-21-53)43-37-58,66-50-19-11-7-15-27-59-38-44-62(45-39-59)30-22-54-2)67-51-20-12-8-16-28-60-40-46-63(47-41-60)31-23-55-3/h55H,2,4-51,53H2,1,3H3/p+1. The summed E-state index contributed by atoms with van der Waals surface area (Å²) in [6, 6.07) is 0. The molecule has 4 saturated heterocycles. The molecule has 0 spiro atoms. The Labute approximate surface area is 412 Å². The SMILES string of the molecule is C=NCCN1CCN(CCCCCCOC(OCCCCCCN2CCN(CCC)CC2)(OCCCCCCN2CCN(CCN)CC2)OCCCCCCN2CCN(CC[NH2+]C)CC2)CC1. The molecule has 0 aromatic rings. The maximum absolute atomic E-state index is 6.64. The van der Waals surface area contributed by atoms with Crippen molar-refractivity contribution in [3.63, 3.8) is 0 Å². The minimum atomic E-state index is -1.42. The molecule has 394 valence electrons. The predicted molar refractivity (Wildman–Crippen MR) is 278 cm³/mol. The molecule has 4 N–H and O–H groups in total. The van der Waals surface area contributed by atoms with Gasteiger partial charge in [0.15, 0.2) is 0 Å². The van der Waals surface area contributed by atoms with Crippen molar-refractivity contribution in [2.45, 2.75) is 122 Å². The number of unbranched alkanes of at least 4 members (excludes halogenated alkanes) is 12. The van der Waals surface area contributed by atoms with Crippen molar-refractivity contribution in [3.05, 3.63) is 0 Å². The average molecular weight is 952 g/mol. The third kappa shape index (κ3) is 27.5. The molecule has 0 aromatic heterocycles. The Morgan fingerprint density at radius 2 is 0.687 bits per heavy atom. The lowest BCUT2D eigenvalue weighted by atomic mass is 10.2. The highest BCUT2D eigenvalue weighted by Gasteiger charge is 2.36. The van der Waals surface area contributed by atoms with Crippen LogP contribution in [0.5, 0.6) is 0 Å². The van der Waals surface area contributed by atoms with Crippen LogP contribution in [0, 0.1) is 0 Å². The lowest BCUT2D eigenvalue weighted by Crippen LogP contribution is -2.81. The molecule has 1 atom stereocenters. The highest BCUT2D eigenvalue weighted by atomic mass is 17.0. The molecule has 0 aromatic carbocycles. The highest BCUT2D eigenvalue weighted by Crippen LogP contribution is 2.23. The molecule has 1 unspecified atom stereocenters. The van der Waals surface area contributed by atoms with Crippen molar-refractivity contribution >= 4 is 6.72 Å². The smallest absolute Gasteiger partial charge is 0.348 e. The van der Waals surface area contributed by atoms with Crippen LogP contribution in [0.2, 0.25) is 0 Å². The van der Waals surface area contributed by atoms with Gasteiger partial charge in [0, 0.05) is 131 Å². The van der Waals surface area contributed by atoms with E-state index < -0.39 is 6.16 Å². The summed E-state index contributed by atoms with van der Waals surface area (Å²) in [6.45, 7) is 39.3. The van der Waals surface area contributed by atoms with Gasteiger partial charge in [-0.3, -0.25) is 19.7 Å². The van der Waals surface area contributed by atoms with Crippen LogP contribution in [-0.4, -0.2) is 262 Å². The van der Waals surface area contributed by atoms with Crippen LogP contribution in [0.4, 0.5) is 0 Å². The van der Waals surface area contributed by atoms with Gasteiger partial charge < -0.3 is 54.5 Å². The summed E-state index contributed by atoms with van der Waals surface area (Å²) in [5, 5.41) is 2.29. The number of quaternary nitrogens is 1. The van der Waals surface area contributed by atoms with Gasteiger partial charge in [-0.15, -0.1) is 0 Å². The Morgan fingerprint density at radius 3 is 0.985 bits per heavy atom. The van der Waals surface area contributed by atoms with Gasteiger partial charge in [-0.2, -0.15) is 0 Å². The van der Waals surface area contributed by atoms with Crippen molar-refractivity contribution in [2.75, 3.05) is 210 Å². The van der Waals surface area contributed by atoms with Crippen LogP contribution in [0.25, 0.3) is 0 Å². The number of nitrogens with zero attached hydrogens (tertiary/aromatic N) is 9. The summed E-state index contributed by atoms with van der Waals surface area (Å²) in [4.78, 5) is 24.9. The molecular formula is C52H108N11O4+. The van der Waals surface area contributed by atoms with Gasteiger partial charge >= 0.3 is 6.16 Å². The number of ether oxygens (including phenoxy) is 4. The highest BCUT2D eigenvalue weighted by molar-refractivity contribution is 5.23. The predicted octanol–water partition coefficient (Wildman–Crippen LogP) is 3.64. The lowest BCUT2D eigenvalue weighted by molar-refractivity contribution is -0.626. The maximum atomic E-state index is 6.64. The first-order valence-electron chi connectivity index (χ1n) is 28.3. The number of aliphatic imine (C=N–C) groups is 1. The van der Waals surface area contributed by atoms with E-state index in [0.29, 0.717) is 26.4 Å². The fourth-order valence-electron chi connectivity index (χ4n) is 10.2. The molecule has 67 heavy (non-hydrogen) atoms. The van der Waals surface area contributed by atoms with Crippen LogP contribution < -0.4 is 11.1 Å². The van der Waals surface area contributed by atoms with E-state index in [4.69, 9.17) is 24.7 Å². The van der Waals surface area contributed by atoms with Gasteiger partial charge in [0.1, 0.15) is 0 Å². The Bertz CT molecular complexity index is 1090. The van der Waals surface area contributed by atoms with Gasteiger partial charge in [0.25, 0.3) is 0 Å². The first kappa shape index (κ1) is 58.7. The van der Waals surface area contributed by atoms with Crippen molar-refractivity contribution in [3.8, 4) is 0 Å². The van der Waals surface area contributed by atoms with E-state index in [1.54, 1.807) is 0 Å². The van der Waals surface area contributed by atoms with Gasteiger partial charge in [0.2, 0.25) is 0 Å². The van der Waals surface area contributed by atoms with E-state index in [2.05, 4.69) is 70.2 Å². The summed E-state index contributed by atoms with van der Waals surface area (Å²) >= 11 is 0. The minimum Gasteiger partial charge on any atom is -0.348 e. The number of rotatable bonds is 42. The first-order chi connectivity index (χ1) is 33.0. The zero-order valence-electron chi connectivity index (χ0n) is 44.0. The topological polar surface area (TPSA) is 118 Å². The van der Waals surface area contributed by atoms with Crippen LogP contribution in [0.15, 0.2) is 4.99 Å². The molecule has 0 radical (unpaired) electrons. The van der Waals surface area contributed by atoms with E-state index in [-0.39, 0.29) is 0 Å². The van der Waals surface area contributed by atoms with Crippen molar-refractivity contribution in [2.24, 2.45) is 10.7 Å². The van der Waals surface area contributed by atoms with Crippen LogP contribution >= 0.6 is 0 Å². The quantitative estimate of drug-likeness (QED) is 0.0528. The number of likely N-dealkylation sites (N-methyl/N-ethyl adjacent to an activating group) is 1. The van der Waals surface area contributed by atoms with E-state index in [9.17, 15) is 0 Å². The molecule has 4 heterocycles. The first-order valence-corrected chi connectivity index (χ1v) is 28.3. The third-order valence-electron chi connectivity index (χ3n) is 14.7. The molecule has 4 rings (SSSR count).